The molecule has 0 aliphatic rings. The fourth-order valence-corrected chi connectivity index (χ4v) is 1.95. The number of unbranched alkanes of at least 4 members (excludes halogenated alkanes) is 2. The molecule has 0 atom stereocenters. The first-order valence-corrected chi connectivity index (χ1v) is 7.07. The number of nitrogen functional groups attached to an aromatic ring is 1. The smallest absolute Gasteiger partial charge is 0.318 e. The van der Waals surface area contributed by atoms with Crippen molar-refractivity contribution in [2.24, 2.45) is 0 Å². The average Bonchev–Trinajstić information content (AvgIpc) is 2.47. The van der Waals surface area contributed by atoms with Crippen molar-refractivity contribution >= 4 is 5.82 Å². The van der Waals surface area contributed by atoms with Crippen molar-refractivity contribution in [1.29, 1.82) is 0 Å². The van der Waals surface area contributed by atoms with E-state index in [2.05, 4.69) is 41.2 Å². The number of benzene rings is 1. The second kappa shape index (κ2) is 7.48. The Kier molecular flexibility index (Phi) is 5.35. The highest BCUT2D eigenvalue weighted by atomic mass is 16.5. The highest BCUT2D eigenvalue weighted by Gasteiger charge is 2.00. The second-order valence-corrected chi connectivity index (χ2v) is 4.83. The molecule has 0 spiro atoms. The van der Waals surface area contributed by atoms with Gasteiger partial charge < -0.3 is 10.5 Å². The molecule has 0 bridgehead atoms. The van der Waals surface area contributed by atoms with Crippen LogP contribution in [-0.2, 0) is 13.0 Å². The van der Waals surface area contributed by atoms with Crippen LogP contribution >= 0.6 is 0 Å². The maximum Gasteiger partial charge on any atom is 0.318 e. The van der Waals surface area contributed by atoms with Gasteiger partial charge in [-0.1, -0.05) is 44.0 Å². The molecule has 1 heterocycles. The van der Waals surface area contributed by atoms with Gasteiger partial charge in [-0.25, -0.2) is 4.98 Å². The van der Waals surface area contributed by atoms with Crippen LogP contribution < -0.4 is 10.5 Å². The molecule has 0 aliphatic carbocycles. The number of nitrogens with zero attached hydrogens (tertiary/aromatic N) is 2. The SMILES string of the molecule is CCCCCc1ccc(COc2nccc(N)n2)cc1. The van der Waals surface area contributed by atoms with Crippen LogP contribution in [-0.4, -0.2) is 9.97 Å². The van der Waals surface area contributed by atoms with Crippen LogP contribution in [0.4, 0.5) is 5.82 Å². The number of anilines is 1. The zero-order valence-electron chi connectivity index (χ0n) is 11.9. The Labute approximate surface area is 120 Å². The van der Waals surface area contributed by atoms with Crippen molar-refractivity contribution in [3.05, 3.63) is 47.7 Å². The Bertz CT molecular complexity index is 526. The first kappa shape index (κ1) is 14.3. The maximum atomic E-state index is 5.57. The quantitative estimate of drug-likeness (QED) is 0.784. The van der Waals surface area contributed by atoms with Crippen molar-refractivity contribution < 1.29 is 4.74 Å². The fourth-order valence-electron chi connectivity index (χ4n) is 1.95. The Hall–Kier alpha value is -2.10. The van der Waals surface area contributed by atoms with E-state index in [1.165, 1.54) is 24.8 Å². The number of aromatic nitrogens is 2. The summed E-state index contributed by atoms with van der Waals surface area (Å²) in [6.45, 7) is 2.68. The van der Waals surface area contributed by atoms with Gasteiger partial charge in [0.15, 0.2) is 0 Å². The molecule has 0 unspecified atom stereocenters. The minimum atomic E-state index is 0.317. The zero-order valence-corrected chi connectivity index (χ0v) is 11.9. The van der Waals surface area contributed by atoms with Crippen LogP contribution in [0.1, 0.15) is 37.3 Å². The topological polar surface area (TPSA) is 61.0 Å². The van der Waals surface area contributed by atoms with E-state index in [9.17, 15) is 0 Å². The summed E-state index contributed by atoms with van der Waals surface area (Å²) in [4.78, 5) is 8.01. The van der Waals surface area contributed by atoms with Crippen LogP contribution in [0.2, 0.25) is 0 Å². The Morgan fingerprint density at radius 3 is 2.50 bits per heavy atom. The number of ether oxygens (including phenoxy) is 1. The van der Waals surface area contributed by atoms with Crippen molar-refractivity contribution in [2.45, 2.75) is 39.2 Å². The van der Waals surface area contributed by atoms with Crippen LogP contribution in [0.25, 0.3) is 0 Å². The van der Waals surface area contributed by atoms with E-state index >= 15 is 0 Å². The zero-order chi connectivity index (χ0) is 14.2. The van der Waals surface area contributed by atoms with E-state index in [0.29, 0.717) is 18.4 Å². The molecule has 4 nitrogen and oxygen atoms in total. The third-order valence-corrected chi connectivity index (χ3v) is 3.11. The van der Waals surface area contributed by atoms with Gasteiger partial charge >= 0.3 is 6.01 Å². The van der Waals surface area contributed by atoms with E-state index in [1.54, 1.807) is 12.3 Å². The number of hydrogen-bond donors (Lipinski definition) is 1. The molecular weight excluding hydrogens is 250 g/mol. The van der Waals surface area contributed by atoms with Crippen LogP contribution in [0.15, 0.2) is 36.5 Å². The summed E-state index contributed by atoms with van der Waals surface area (Å²) in [5, 5.41) is 0. The predicted molar refractivity (Wildman–Crippen MR) is 80.4 cm³/mol. The lowest BCUT2D eigenvalue weighted by Crippen LogP contribution is -2.01. The first-order chi connectivity index (χ1) is 9.78. The minimum absolute atomic E-state index is 0.317. The number of hydrogen-bond acceptors (Lipinski definition) is 4. The van der Waals surface area contributed by atoms with Gasteiger partial charge in [-0.2, -0.15) is 4.98 Å². The molecule has 2 N–H and O–H groups in total. The molecular formula is C16H21N3O. The van der Waals surface area contributed by atoms with E-state index in [-0.39, 0.29) is 0 Å². The summed E-state index contributed by atoms with van der Waals surface area (Å²) in [7, 11) is 0. The van der Waals surface area contributed by atoms with Gasteiger partial charge in [-0.3, -0.25) is 0 Å². The van der Waals surface area contributed by atoms with Gasteiger partial charge in [0.25, 0.3) is 0 Å². The predicted octanol–water partition coefficient (Wildman–Crippen LogP) is 3.37. The van der Waals surface area contributed by atoms with Gasteiger partial charge in [0.05, 0.1) is 0 Å². The standard InChI is InChI=1S/C16H21N3O/c1-2-3-4-5-13-6-8-14(9-7-13)12-20-16-18-11-10-15(17)19-16/h6-11H,2-5,12H2,1H3,(H2,17,18,19). The molecule has 4 heteroatoms. The lowest BCUT2D eigenvalue weighted by atomic mass is 10.1. The summed E-state index contributed by atoms with van der Waals surface area (Å²) in [6, 6.07) is 10.5. The molecule has 0 saturated heterocycles. The molecule has 1 aromatic heterocycles. The van der Waals surface area contributed by atoms with Gasteiger partial charge in [-0.15, -0.1) is 0 Å². The van der Waals surface area contributed by atoms with E-state index in [0.717, 1.165) is 12.0 Å². The molecule has 0 radical (unpaired) electrons. The third-order valence-electron chi connectivity index (χ3n) is 3.11. The van der Waals surface area contributed by atoms with Gasteiger partial charge in [-0.05, 0) is 30.0 Å². The van der Waals surface area contributed by atoms with Crippen molar-refractivity contribution in [3.63, 3.8) is 0 Å². The average molecular weight is 271 g/mol. The highest BCUT2D eigenvalue weighted by Crippen LogP contribution is 2.11. The highest BCUT2D eigenvalue weighted by molar-refractivity contribution is 5.27. The normalized spacial score (nSPS) is 10.4. The Morgan fingerprint density at radius 1 is 1.05 bits per heavy atom. The van der Waals surface area contributed by atoms with Crippen LogP contribution in [0.5, 0.6) is 6.01 Å². The monoisotopic (exact) mass is 271 g/mol. The Morgan fingerprint density at radius 2 is 1.80 bits per heavy atom. The minimum Gasteiger partial charge on any atom is -0.459 e. The van der Waals surface area contributed by atoms with Crippen molar-refractivity contribution in [1.82, 2.24) is 9.97 Å². The lowest BCUT2D eigenvalue weighted by Gasteiger charge is -2.06. The Balaban J connectivity index is 1.84. The summed E-state index contributed by atoms with van der Waals surface area (Å²) in [6.07, 6.45) is 6.54. The molecule has 0 aliphatic heterocycles. The molecule has 20 heavy (non-hydrogen) atoms. The van der Waals surface area contributed by atoms with Crippen LogP contribution in [0.3, 0.4) is 0 Å². The van der Waals surface area contributed by atoms with E-state index in [1.807, 2.05) is 0 Å². The summed E-state index contributed by atoms with van der Waals surface area (Å²) in [5.41, 5.74) is 8.06. The van der Waals surface area contributed by atoms with Crippen molar-refractivity contribution in [2.75, 3.05) is 5.73 Å². The summed E-state index contributed by atoms with van der Waals surface area (Å²) >= 11 is 0. The maximum absolute atomic E-state index is 5.57. The fraction of sp³-hybridized carbons (Fsp3) is 0.375. The molecule has 2 rings (SSSR count). The number of aryl methyl sites for hydroxylation is 1. The van der Waals surface area contributed by atoms with E-state index < -0.39 is 0 Å². The molecule has 2 aromatic rings. The van der Waals surface area contributed by atoms with Gasteiger partial charge in [0.2, 0.25) is 0 Å². The number of rotatable bonds is 7. The molecule has 0 amide bonds. The second-order valence-electron chi connectivity index (χ2n) is 4.83. The molecule has 0 fully saturated rings. The third kappa shape index (κ3) is 4.53. The largest absolute Gasteiger partial charge is 0.459 e. The van der Waals surface area contributed by atoms with E-state index in [4.69, 9.17) is 10.5 Å². The molecule has 1 aromatic carbocycles. The number of nitrogens with two attached hydrogens (primary N) is 1. The molecule has 0 saturated carbocycles. The van der Waals surface area contributed by atoms with Crippen LogP contribution in [0, 0.1) is 0 Å². The summed E-state index contributed by atoms with van der Waals surface area (Å²) < 4.78 is 5.51. The van der Waals surface area contributed by atoms with Gasteiger partial charge in [0.1, 0.15) is 12.4 Å². The lowest BCUT2D eigenvalue weighted by molar-refractivity contribution is 0.281. The molecule has 106 valence electrons. The summed E-state index contributed by atoms with van der Waals surface area (Å²) in [5.74, 6) is 0.418. The van der Waals surface area contributed by atoms with Crippen molar-refractivity contribution in [3.8, 4) is 6.01 Å². The first-order valence-electron chi connectivity index (χ1n) is 7.07. The van der Waals surface area contributed by atoms with Gasteiger partial charge in [0, 0.05) is 6.20 Å².